The Kier molecular flexibility index (Phi) is 13.2. The SMILES string of the molecule is O=C(O)O.O=P(O)(OF)OF.[H-].[Li+]. The fraction of sp³-hybridized carbons (Fsp3) is 0. The summed E-state index contributed by atoms with van der Waals surface area (Å²) >= 11 is 0. The predicted octanol–water partition coefficient (Wildman–Crippen LogP) is -1.77. The fourth-order valence-electron chi connectivity index (χ4n) is 0.0106. The van der Waals surface area contributed by atoms with Gasteiger partial charge in [0.15, 0.2) is 0 Å². The Balaban J connectivity index is -0.0000000600. The first-order chi connectivity index (χ1) is 4.85. The second-order valence-electron chi connectivity index (χ2n) is 0.889. The summed E-state index contributed by atoms with van der Waals surface area (Å²) in [4.78, 5) is 16.0. The summed E-state index contributed by atoms with van der Waals surface area (Å²) in [6.45, 7) is 0. The molecule has 0 atom stereocenters. The van der Waals surface area contributed by atoms with E-state index in [4.69, 9.17) is 19.9 Å². The molecule has 0 fully saturated rings. The molecule has 0 amide bonds. The van der Waals surface area contributed by atoms with Gasteiger partial charge in [0.2, 0.25) is 0 Å². The minimum absolute atomic E-state index is 0. The van der Waals surface area contributed by atoms with Gasteiger partial charge in [-0.3, -0.25) is 4.89 Å². The molecular weight excluding hydrogens is 200 g/mol. The Morgan fingerprint density at radius 1 is 1.33 bits per heavy atom. The Hall–Kier alpha value is -0.163. The van der Waals surface area contributed by atoms with Crippen molar-refractivity contribution in [3.8, 4) is 0 Å². The maximum Gasteiger partial charge on any atom is 1.00 e. The van der Waals surface area contributed by atoms with Crippen LogP contribution in [-0.4, -0.2) is 21.3 Å². The summed E-state index contributed by atoms with van der Waals surface area (Å²) in [5, 5.41) is 13.9. The van der Waals surface area contributed by atoms with Gasteiger partial charge in [0.1, 0.15) is 0 Å². The van der Waals surface area contributed by atoms with E-state index in [1.165, 1.54) is 0 Å². The van der Waals surface area contributed by atoms with Crippen LogP contribution in [0.1, 0.15) is 1.43 Å². The maximum absolute atomic E-state index is 10.4. The van der Waals surface area contributed by atoms with Gasteiger partial charge in [-0.2, -0.15) is 0 Å². The molecule has 0 aliphatic heterocycles. The quantitative estimate of drug-likeness (QED) is 0.360. The van der Waals surface area contributed by atoms with Crippen LogP contribution in [0.25, 0.3) is 0 Å². The monoisotopic (exact) mass is 204 g/mol. The van der Waals surface area contributed by atoms with Gasteiger partial charge in [-0.05, 0) is 9.05 Å². The summed E-state index contributed by atoms with van der Waals surface area (Å²) in [5.74, 6) is 0. The van der Waals surface area contributed by atoms with Crippen LogP contribution >= 0.6 is 7.82 Å². The minimum atomic E-state index is -4.99. The van der Waals surface area contributed by atoms with Crippen molar-refractivity contribution in [2.45, 2.75) is 0 Å². The maximum atomic E-state index is 10.4. The number of phosphoric acid groups is 1. The van der Waals surface area contributed by atoms with E-state index in [0.717, 1.165) is 0 Å². The van der Waals surface area contributed by atoms with E-state index in [2.05, 4.69) is 9.46 Å². The molecule has 0 aliphatic carbocycles. The smallest absolute Gasteiger partial charge is 1.00 e. The molecule has 0 saturated carbocycles. The van der Waals surface area contributed by atoms with Crippen molar-refractivity contribution in [2.24, 2.45) is 0 Å². The molecular formula is CH4F2LiO7P. The molecule has 11 heteroatoms. The summed E-state index contributed by atoms with van der Waals surface area (Å²) in [7, 11) is -4.99. The minimum Gasteiger partial charge on any atom is -1.00 e. The van der Waals surface area contributed by atoms with E-state index in [-0.39, 0.29) is 20.3 Å². The predicted molar refractivity (Wildman–Crippen MR) is 26.0 cm³/mol. The van der Waals surface area contributed by atoms with Crippen molar-refractivity contribution < 1.29 is 63.3 Å². The first-order valence-corrected chi connectivity index (χ1v) is 3.20. The van der Waals surface area contributed by atoms with Crippen molar-refractivity contribution in [3.05, 3.63) is 0 Å². The number of carboxylic acid groups (broad SMARTS) is 2. The number of halogens is 2. The third-order valence-electron chi connectivity index (χ3n) is 0.174. The molecule has 0 bridgehead atoms. The average Bonchev–Trinajstić information content (AvgIpc) is 1.87. The van der Waals surface area contributed by atoms with Crippen molar-refractivity contribution in [1.82, 2.24) is 0 Å². The van der Waals surface area contributed by atoms with E-state index >= 15 is 0 Å². The van der Waals surface area contributed by atoms with Crippen LogP contribution in [0.4, 0.5) is 13.8 Å². The Labute approximate surface area is 78.0 Å². The number of hydrogen-bond donors (Lipinski definition) is 3. The normalized spacial score (nSPS) is 8.92. The van der Waals surface area contributed by atoms with Crippen molar-refractivity contribution in [3.63, 3.8) is 0 Å². The Bertz CT molecular complexity index is 155. The van der Waals surface area contributed by atoms with Gasteiger partial charge in [0.05, 0.1) is 0 Å². The van der Waals surface area contributed by atoms with Crippen LogP contribution in [0.15, 0.2) is 0 Å². The molecule has 0 radical (unpaired) electrons. The standard InChI is InChI=1S/CH2O3.F2HO4P.Li.H/c2-1(3)4;1-5-7(3,4)6-2;;/h(H2,2,3,4);(H,3,4);;/q;;+1;-1. The van der Waals surface area contributed by atoms with E-state index in [1.54, 1.807) is 0 Å². The molecule has 0 unspecified atom stereocenters. The van der Waals surface area contributed by atoms with Crippen LogP contribution in [0, 0.1) is 0 Å². The van der Waals surface area contributed by atoms with E-state index in [1.807, 2.05) is 0 Å². The van der Waals surface area contributed by atoms with Gasteiger partial charge >= 0.3 is 32.8 Å². The first-order valence-electron chi connectivity index (χ1n) is 1.71. The molecule has 70 valence electrons. The zero-order chi connectivity index (χ0) is 9.49. The van der Waals surface area contributed by atoms with Crippen LogP contribution in [0.3, 0.4) is 0 Å². The summed E-state index contributed by atoms with van der Waals surface area (Å²) < 4.78 is 34.3. The van der Waals surface area contributed by atoms with Crippen molar-refractivity contribution in [1.29, 1.82) is 0 Å². The van der Waals surface area contributed by atoms with Gasteiger partial charge in [0.25, 0.3) is 0 Å². The van der Waals surface area contributed by atoms with Crippen LogP contribution < -0.4 is 18.9 Å². The molecule has 0 aromatic rings. The van der Waals surface area contributed by atoms with Crippen LogP contribution in [-0.2, 0) is 14.0 Å². The topological polar surface area (TPSA) is 113 Å². The number of carbonyl (C=O) groups is 1. The number of hydrogen-bond acceptors (Lipinski definition) is 4. The van der Waals surface area contributed by atoms with E-state index in [0.29, 0.717) is 0 Å². The fourth-order valence-corrected chi connectivity index (χ4v) is 0.0319. The largest absolute Gasteiger partial charge is 1.00 e. The Morgan fingerprint density at radius 2 is 1.50 bits per heavy atom. The molecule has 0 spiro atoms. The third-order valence-corrected chi connectivity index (χ3v) is 0.523. The molecule has 0 heterocycles. The number of rotatable bonds is 2. The van der Waals surface area contributed by atoms with Gasteiger partial charge in [-0.15, -0.1) is 0 Å². The zero-order valence-electron chi connectivity index (χ0n) is 6.68. The van der Waals surface area contributed by atoms with Crippen molar-refractivity contribution in [2.75, 3.05) is 0 Å². The average molecular weight is 204 g/mol. The second kappa shape index (κ2) is 8.93. The molecule has 12 heavy (non-hydrogen) atoms. The van der Waals surface area contributed by atoms with E-state index < -0.39 is 14.0 Å². The van der Waals surface area contributed by atoms with Gasteiger partial charge in [-0.25, -0.2) is 9.36 Å². The molecule has 0 aliphatic rings. The van der Waals surface area contributed by atoms with Crippen molar-refractivity contribution >= 4 is 14.0 Å². The zero-order valence-corrected chi connectivity index (χ0v) is 6.57. The Morgan fingerprint density at radius 3 is 1.50 bits per heavy atom. The summed E-state index contributed by atoms with van der Waals surface area (Å²) in [6.07, 6.45) is -1.83. The summed E-state index contributed by atoms with van der Waals surface area (Å²) in [6, 6.07) is 0. The first kappa shape index (κ1) is 17.8. The van der Waals surface area contributed by atoms with Gasteiger partial charge < -0.3 is 11.6 Å². The second-order valence-corrected chi connectivity index (χ2v) is 2.10. The molecule has 0 aromatic carbocycles. The molecule has 7 nitrogen and oxygen atoms in total. The molecule has 0 aromatic heterocycles. The molecule has 3 N–H and O–H groups in total. The summed E-state index contributed by atoms with van der Waals surface area (Å²) in [5.41, 5.74) is 0. The van der Waals surface area contributed by atoms with E-state index in [9.17, 15) is 13.6 Å². The molecule has 0 rings (SSSR count). The van der Waals surface area contributed by atoms with Crippen LogP contribution in [0.5, 0.6) is 0 Å². The molecule has 0 saturated heterocycles. The van der Waals surface area contributed by atoms with Gasteiger partial charge in [0, 0.05) is 0 Å². The third kappa shape index (κ3) is 22.5. The van der Waals surface area contributed by atoms with Gasteiger partial charge in [-0.1, -0.05) is 9.46 Å². The van der Waals surface area contributed by atoms with Crippen LogP contribution in [0.2, 0.25) is 0 Å².